The number of rotatable bonds is 3. The van der Waals surface area contributed by atoms with Gasteiger partial charge in [-0.3, -0.25) is 0 Å². The molecule has 3 nitrogen and oxygen atoms in total. The minimum Gasteiger partial charge on any atom is -0.316 e. The van der Waals surface area contributed by atoms with E-state index < -0.39 is 0 Å². The summed E-state index contributed by atoms with van der Waals surface area (Å²) in [5.41, 5.74) is 3.60. The zero-order chi connectivity index (χ0) is 11.5. The molecule has 0 spiro atoms. The zero-order valence-electron chi connectivity index (χ0n) is 9.37. The lowest BCUT2D eigenvalue weighted by Gasteiger charge is -2.08. The van der Waals surface area contributed by atoms with Crippen LogP contribution < -0.4 is 5.32 Å². The van der Waals surface area contributed by atoms with Crippen molar-refractivity contribution >= 4 is 15.9 Å². The summed E-state index contributed by atoms with van der Waals surface area (Å²) in [7, 11) is 1.95. The summed E-state index contributed by atoms with van der Waals surface area (Å²) in [5, 5.41) is 7.45. The van der Waals surface area contributed by atoms with Crippen molar-refractivity contribution in [3.8, 4) is 5.69 Å². The van der Waals surface area contributed by atoms with Gasteiger partial charge in [0.25, 0.3) is 0 Å². The van der Waals surface area contributed by atoms with Gasteiger partial charge in [0.1, 0.15) is 0 Å². The number of nitrogens with one attached hydrogen (secondary N) is 1. The Kier molecular flexibility index (Phi) is 3.41. The molecule has 2 aromatic rings. The normalized spacial score (nSPS) is 10.7. The predicted octanol–water partition coefficient (Wildman–Crippen LogP) is 2.66. The molecule has 84 valence electrons. The maximum Gasteiger partial charge on any atom is 0.0678 e. The molecule has 1 aromatic carbocycles. The monoisotopic (exact) mass is 279 g/mol. The maximum absolute atomic E-state index is 4.30. The highest BCUT2D eigenvalue weighted by Gasteiger charge is 2.04. The molecule has 4 heteroatoms. The van der Waals surface area contributed by atoms with Gasteiger partial charge in [-0.05, 0) is 47.1 Å². The second kappa shape index (κ2) is 4.80. The first-order chi connectivity index (χ1) is 7.70. The zero-order valence-corrected chi connectivity index (χ0v) is 11.0. The fourth-order valence-corrected chi connectivity index (χ4v) is 1.93. The van der Waals surface area contributed by atoms with Crippen LogP contribution in [0.25, 0.3) is 5.69 Å². The third-order valence-corrected chi connectivity index (χ3v) is 2.86. The first-order valence-electron chi connectivity index (χ1n) is 5.15. The summed E-state index contributed by atoms with van der Waals surface area (Å²) < 4.78 is 2.88. The second-order valence-electron chi connectivity index (χ2n) is 3.75. The standard InChI is InChI=1S/C12H14BrN3/c1-9-3-4-10(6-14-2)5-12(9)16-8-11(13)7-15-16/h3-5,7-8,14H,6H2,1-2H3. The average molecular weight is 280 g/mol. The molecule has 2 rings (SSSR count). The van der Waals surface area contributed by atoms with Crippen molar-refractivity contribution in [1.82, 2.24) is 15.1 Å². The smallest absolute Gasteiger partial charge is 0.0678 e. The SMILES string of the molecule is CNCc1ccc(C)c(-n2cc(Br)cn2)c1. The molecule has 0 atom stereocenters. The van der Waals surface area contributed by atoms with E-state index in [4.69, 9.17) is 0 Å². The minimum atomic E-state index is 0.871. The molecule has 0 aliphatic rings. The first-order valence-corrected chi connectivity index (χ1v) is 5.94. The summed E-state index contributed by atoms with van der Waals surface area (Å²) in [6, 6.07) is 6.41. The van der Waals surface area contributed by atoms with E-state index >= 15 is 0 Å². The van der Waals surface area contributed by atoms with E-state index in [0.29, 0.717) is 0 Å². The Labute approximate surface area is 104 Å². The molecule has 0 unspecified atom stereocenters. The van der Waals surface area contributed by atoms with Gasteiger partial charge in [0.15, 0.2) is 0 Å². The van der Waals surface area contributed by atoms with E-state index in [1.807, 2.05) is 17.9 Å². The Morgan fingerprint density at radius 1 is 1.44 bits per heavy atom. The Balaban J connectivity index is 2.42. The molecule has 0 aliphatic heterocycles. The lowest BCUT2D eigenvalue weighted by Crippen LogP contribution is -2.06. The van der Waals surface area contributed by atoms with Gasteiger partial charge in [-0.25, -0.2) is 4.68 Å². The van der Waals surface area contributed by atoms with E-state index in [2.05, 4.69) is 51.5 Å². The Bertz CT molecular complexity index is 491. The Morgan fingerprint density at radius 3 is 2.88 bits per heavy atom. The van der Waals surface area contributed by atoms with Gasteiger partial charge in [-0.2, -0.15) is 5.10 Å². The minimum absolute atomic E-state index is 0.871. The molecule has 1 aromatic heterocycles. The van der Waals surface area contributed by atoms with Crippen LogP contribution in [0.4, 0.5) is 0 Å². The average Bonchev–Trinajstić information content (AvgIpc) is 2.68. The number of halogens is 1. The van der Waals surface area contributed by atoms with Crippen LogP contribution in [0.5, 0.6) is 0 Å². The van der Waals surface area contributed by atoms with Crippen molar-refractivity contribution < 1.29 is 0 Å². The number of nitrogens with zero attached hydrogens (tertiary/aromatic N) is 2. The van der Waals surface area contributed by atoms with Gasteiger partial charge in [0, 0.05) is 12.7 Å². The number of hydrogen-bond acceptors (Lipinski definition) is 2. The molecule has 16 heavy (non-hydrogen) atoms. The lowest BCUT2D eigenvalue weighted by atomic mass is 10.1. The number of aromatic nitrogens is 2. The second-order valence-corrected chi connectivity index (χ2v) is 4.67. The van der Waals surface area contributed by atoms with Gasteiger partial charge in [0.2, 0.25) is 0 Å². The topological polar surface area (TPSA) is 29.9 Å². The van der Waals surface area contributed by atoms with E-state index in [9.17, 15) is 0 Å². The van der Waals surface area contributed by atoms with E-state index in [1.165, 1.54) is 11.1 Å². The van der Waals surface area contributed by atoms with Crippen LogP contribution in [0, 0.1) is 6.92 Å². The Hall–Kier alpha value is -1.13. The summed E-state index contributed by atoms with van der Waals surface area (Å²) in [6.07, 6.45) is 3.76. The highest BCUT2D eigenvalue weighted by molar-refractivity contribution is 9.10. The van der Waals surface area contributed by atoms with Crippen LogP contribution in [0.3, 0.4) is 0 Å². The van der Waals surface area contributed by atoms with Crippen LogP contribution in [0.2, 0.25) is 0 Å². The molecule has 0 amide bonds. The summed E-state index contributed by atoms with van der Waals surface area (Å²) in [4.78, 5) is 0. The van der Waals surface area contributed by atoms with Gasteiger partial charge in [0.05, 0.1) is 16.4 Å². The molecule has 1 N–H and O–H groups in total. The highest BCUT2D eigenvalue weighted by atomic mass is 79.9. The van der Waals surface area contributed by atoms with E-state index in [1.54, 1.807) is 6.20 Å². The molecule has 0 fully saturated rings. The van der Waals surface area contributed by atoms with Crippen LogP contribution in [0.15, 0.2) is 35.1 Å². The molecule has 0 aliphatic carbocycles. The van der Waals surface area contributed by atoms with Crippen LogP contribution >= 0.6 is 15.9 Å². The third kappa shape index (κ3) is 2.33. The predicted molar refractivity (Wildman–Crippen MR) is 68.8 cm³/mol. The van der Waals surface area contributed by atoms with Crippen molar-refractivity contribution in [2.24, 2.45) is 0 Å². The summed E-state index contributed by atoms with van der Waals surface area (Å²) in [5.74, 6) is 0. The van der Waals surface area contributed by atoms with E-state index in [0.717, 1.165) is 16.7 Å². The fraction of sp³-hybridized carbons (Fsp3) is 0.250. The molecular weight excluding hydrogens is 266 g/mol. The van der Waals surface area contributed by atoms with Gasteiger partial charge >= 0.3 is 0 Å². The summed E-state index contributed by atoms with van der Waals surface area (Å²) in [6.45, 7) is 2.96. The van der Waals surface area contributed by atoms with Crippen molar-refractivity contribution in [3.63, 3.8) is 0 Å². The quantitative estimate of drug-likeness (QED) is 0.936. The number of aryl methyl sites for hydroxylation is 1. The largest absolute Gasteiger partial charge is 0.316 e. The van der Waals surface area contributed by atoms with Crippen LogP contribution in [-0.4, -0.2) is 16.8 Å². The van der Waals surface area contributed by atoms with Crippen LogP contribution in [0.1, 0.15) is 11.1 Å². The molecule has 0 saturated heterocycles. The van der Waals surface area contributed by atoms with Crippen molar-refractivity contribution in [2.75, 3.05) is 7.05 Å². The van der Waals surface area contributed by atoms with E-state index in [-0.39, 0.29) is 0 Å². The van der Waals surface area contributed by atoms with Gasteiger partial charge < -0.3 is 5.32 Å². The number of hydrogen-bond donors (Lipinski definition) is 1. The molecule has 0 radical (unpaired) electrons. The highest BCUT2D eigenvalue weighted by Crippen LogP contribution is 2.17. The Morgan fingerprint density at radius 2 is 2.25 bits per heavy atom. The third-order valence-electron chi connectivity index (χ3n) is 2.45. The molecular formula is C12H14BrN3. The van der Waals surface area contributed by atoms with Crippen molar-refractivity contribution in [3.05, 3.63) is 46.2 Å². The van der Waals surface area contributed by atoms with Crippen molar-refractivity contribution in [1.29, 1.82) is 0 Å². The fourth-order valence-electron chi connectivity index (χ4n) is 1.65. The molecule has 1 heterocycles. The van der Waals surface area contributed by atoms with Gasteiger partial charge in [-0.1, -0.05) is 12.1 Å². The summed E-state index contributed by atoms with van der Waals surface area (Å²) >= 11 is 3.41. The van der Waals surface area contributed by atoms with Gasteiger partial charge in [-0.15, -0.1) is 0 Å². The lowest BCUT2D eigenvalue weighted by molar-refractivity contribution is 0.809. The molecule has 0 bridgehead atoms. The van der Waals surface area contributed by atoms with Crippen LogP contribution in [-0.2, 0) is 6.54 Å². The number of benzene rings is 1. The maximum atomic E-state index is 4.30. The van der Waals surface area contributed by atoms with Crippen molar-refractivity contribution in [2.45, 2.75) is 13.5 Å². The first kappa shape index (κ1) is 11.4. The molecule has 0 saturated carbocycles.